The van der Waals surface area contributed by atoms with Gasteiger partial charge in [0.2, 0.25) is 0 Å². The van der Waals surface area contributed by atoms with Crippen molar-refractivity contribution in [3.8, 4) is 0 Å². The van der Waals surface area contributed by atoms with E-state index in [-0.39, 0.29) is 0 Å². The summed E-state index contributed by atoms with van der Waals surface area (Å²) in [6.45, 7) is 8.15. The Morgan fingerprint density at radius 1 is 1.08 bits per heavy atom. The second-order valence-corrected chi connectivity index (χ2v) is 6.29. The second-order valence-electron chi connectivity index (χ2n) is 6.29. The van der Waals surface area contributed by atoms with Crippen LogP contribution < -0.4 is 5.32 Å². The lowest BCUT2D eigenvalue weighted by Crippen LogP contribution is -2.57. The first kappa shape index (κ1) is 23.0. The van der Waals surface area contributed by atoms with Crippen LogP contribution in [-0.4, -0.2) is 94.2 Å². The molecule has 0 amide bonds. The third-order valence-electron chi connectivity index (χ3n) is 4.39. The fraction of sp³-hybridized carbons (Fsp3) is 0.941. The normalized spacial score (nSPS) is 18.2. The van der Waals surface area contributed by atoms with Gasteiger partial charge in [-0.3, -0.25) is 9.89 Å². The van der Waals surface area contributed by atoms with Crippen molar-refractivity contribution < 1.29 is 22.6 Å². The lowest BCUT2D eigenvalue weighted by atomic mass is 10.2. The monoisotopic (exact) mass is 382 g/mol. The van der Waals surface area contributed by atoms with Crippen LogP contribution in [0.5, 0.6) is 0 Å². The molecule has 1 rings (SSSR count). The van der Waals surface area contributed by atoms with Gasteiger partial charge in [0.15, 0.2) is 5.96 Å². The van der Waals surface area contributed by atoms with E-state index in [4.69, 9.17) is 9.47 Å². The molecule has 1 unspecified atom stereocenters. The van der Waals surface area contributed by atoms with E-state index in [9.17, 15) is 13.2 Å². The Balaban J connectivity index is 2.18. The highest BCUT2D eigenvalue weighted by Gasteiger charge is 2.41. The molecular formula is C17H33F3N4O2. The fourth-order valence-corrected chi connectivity index (χ4v) is 2.66. The number of nitrogens with zero attached hydrogens (tertiary/aromatic N) is 3. The smallest absolute Gasteiger partial charge is 0.379 e. The number of ether oxygens (including phenoxy) is 2. The maximum absolute atomic E-state index is 12.8. The first-order valence-corrected chi connectivity index (χ1v) is 9.32. The van der Waals surface area contributed by atoms with Crippen LogP contribution in [0.25, 0.3) is 0 Å². The Labute approximate surface area is 154 Å². The van der Waals surface area contributed by atoms with E-state index < -0.39 is 12.2 Å². The van der Waals surface area contributed by atoms with Crippen LogP contribution in [0, 0.1) is 0 Å². The number of halogens is 3. The van der Waals surface area contributed by atoms with Gasteiger partial charge >= 0.3 is 6.18 Å². The highest BCUT2D eigenvalue weighted by Crippen LogP contribution is 2.25. The molecule has 0 saturated carbocycles. The zero-order chi connectivity index (χ0) is 19.4. The van der Waals surface area contributed by atoms with E-state index in [1.165, 1.54) is 11.8 Å². The molecule has 0 spiro atoms. The van der Waals surface area contributed by atoms with Gasteiger partial charge in [0, 0.05) is 46.4 Å². The van der Waals surface area contributed by atoms with Crippen molar-refractivity contribution in [2.45, 2.75) is 38.9 Å². The third kappa shape index (κ3) is 8.55. The molecule has 154 valence electrons. The molecule has 1 saturated heterocycles. The summed E-state index contributed by atoms with van der Waals surface area (Å²) in [7, 11) is 1.68. The predicted molar refractivity (Wildman–Crippen MR) is 96.6 cm³/mol. The van der Waals surface area contributed by atoms with Crippen LogP contribution in [0.3, 0.4) is 0 Å². The van der Waals surface area contributed by atoms with E-state index >= 15 is 0 Å². The molecule has 0 aromatic heterocycles. The lowest BCUT2D eigenvalue weighted by Gasteiger charge is -2.39. The second kappa shape index (κ2) is 12.3. The van der Waals surface area contributed by atoms with Crippen LogP contribution >= 0.6 is 0 Å². The van der Waals surface area contributed by atoms with E-state index in [1.807, 2.05) is 4.90 Å². The summed E-state index contributed by atoms with van der Waals surface area (Å²) in [5, 5.41) is 3.19. The Bertz CT molecular complexity index is 400. The summed E-state index contributed by atoms with van der Waals surface area (Å²) >= 11 is 0. The quantitative estimate of drug-likeness (QED) is 0.356. The maximum atomic E-state index is 12.8. The average molecular weight is 382 g/mol. The Morgan fingerprint density at radius 3 is 2.23 bits per heavy atom. The number of hydrogen-bond acceptors (Lipinski definition) is 4. The first-order valence-electron chi connectivity index (χ1n) is 9.32. The minimum Gasteiger partial charge on any atom is -0.379 e. The number of nitrogens with one attached hydrogen (secondary N) is 1. The number of piperazine rings is 1. The highest BCUT2D eigenvalue weighted by atomic mass is 19.4. The average Bonchev–Trinajstić information content (AvgIpc) is 2.62. The van der Waals surface area contributed by atoms with Crippen LogP contribution in [-0.2, 0) is 9.47 Å². The molecule has 6 nitrogen and oxygen atoms in total. The van der Waals surface area contributed by atoms with Gasteiger partial charge in [0.25, 0.3) is 0 Å². The summed E-state index contributed by atoms with van der Waals surface area (Å²) in [5.74, 6) is 0.701. The molecule has 0 aromatic rings. The Kier molecular flexibility index (Phi) is 10.9. The zero-order valence-electron chi connectivity index (χ0n) is 16.1. The molecule has 9 heteroatoms. The Morgan fingerprint density at radius 2 is 1.69 bits per heavy atom. The molecule has 1 fully saturated rings. The molecule has 0 aromatic carbocycles. The number of alkyl halides is 3. The summed E-state index contributed by atoms with van der Waals surface area (Å²) in [6.07, 6.45) is -2.00. The Hall–Kier alpha value is -1.06. The van der Waals surface area contributed by atoms with E-state index in [2.05, 4.69) is 17.2 Å². The standard InChI is InChI=1S/C17H33F3N4O2/c1-4-5-11-25-13-14-26-12-6-22-16(21-3)24-9-7-23(8-10-24)15(2)17(18,19)20/h15H,4-14H2,1-3H3,(H,21,22). The topological polar surface area (TPSA) is 49.3 Å². The third-order valence-corrected chi connectivity index (χ3v) is 4.39. The van der Waals surface area contributed by atoms with Gasteiger partial charge < -0.3 is 19.7 Å². The predicted octanol–water partition coefficient (Wildman–Crippen LogP) is 1.96. The highest BCUT2D eigenvalue weighted by molar-refractivity contribution is 5.79. The van der Waals surface area contributed by atoms with Crippen LogP contribution in [0.1, 0.15) is 26.7 Å². The molecule has 1 heterocycles. The van der Waals surface area contributed by atoms with Crippen LogP contribution in [0.2, 0.25) is 0 Å². The minimum atomic E-state index is -4.18. The zero-order valence-corrected chi connectivity index (χ0v) is 16.1. The summed E-state index contributed by atoms with van der Waals surface area (Å²) in [6, 6.07) is -1.41. The van der Waals surface area contributed by atoms with Crippen LogP contribution in [0.15, 0.2) is 4.99 Å². The molecule has 1 aliphatic rings. The van der Waals surface area contributed by atoms with E-state index in [1.54, 1.807) is 7.05 Å². The number of hydrogen-bond donors (Lipinski definition) is 1. The minimum absolute atomic E-state index is 0.368. The van der Waals surface area contributed by atoms with Gasteiger partial charge in [-0.25, -0.2) is 0 Å². The molecule has 26 heavy (non-hydrogen) atoms. The van der Waals surface area contributed by atoms with Gasteiger partial charge in [-0.15, -0.1) is 0 Å². The number of rotatable bonds is 10. The molecule has 0 bridgehead atoms. The van der Waals surface area contributed by atoms with Gasteiger partial charge in [-0.05, 0) is 13.3 Å². The van der Waals surface area contributed by atoms with Crippen molar-refractivity contribution in [2.75, 3.05) is 66.2 Å². The number of aliphatic imine (C=N–C) groups is 1. The van der Waals surface area contributed by atoms with Gasteiger partial charge in [0.1, 0.15) is 6.04 Å². The summed E-state index contributed by atoms with van der Waals surface area (Å²) < 4.78 is 49.3. The lowest BCUT2D eigenvalue weighted by molar-refractivity contribution is -0.181. The van der Waals surface area contributed by atoms with Crippen molar-refractivity contribution in [1.29, 1.82) is 0 Å². The molecular weight excluding hydrogens is 349 g/mol. The number of guanidine groups is 1. The SMILES string of the molecule is CCCCOCCOCCNC(=NC)N1CCN(C(C)C(F)(F)F)CC1. The van der Waals surface area contributed by atoms with E-state index in [0.29, 0.717) is 58.5 Å². The van der Waals surface area contributed by atoms with Crippen molar-refractivity contribution in [3.63, 3.8) is 0 Å². The van der Waals surface area contributed by atoms with Gasteiger partial charge in [-0.2, -0.15) is 13.2 Å². The van der Waals surface area contributed by atoms with Crippen molar-refractivity contribution in [2.24, 2.45) is 4.99 Å². The van der Waals surface area contributed by atoms with Crippen LogP contribution in [0.4, 0.5) is 13.2 Å². The summed E-state index contributed by atoms with van der Waals surface area (Å²) in [4.78, 5) is 7.65. The first-order chi connectivity index (χ1) is 12.4. The van der Waals surface area contributed by atoms with E-state index in [0.717, 1.165) is 19.4 Å². The molecule has 1 atom stereocenters. The molecule has 0 radical (unpaired) electrons. The molecule has 0 aliphatic carbocycles. The molecule has 1 aliphatic heterocycles. The van der Waals surface area contributed by atoms with Crippen molar-refractivity contribution >= 4 is 5.96 Å². The maximum Gasteiger partial charge on any atom is 0.403 e. The summed E-state index contributed by atoms with van der Waals surface area (Å²) in [5.41, 5.74) is 0. The van der Waals surface area contributed by atoms with Gasteiger partial charge in [-0.1, -0.05) is 13.3 Å². The fourth-order valence-electron chi connectivity index (χ4n) is 2.66. The molecule has 1 N–H and O–H groups in total. The largest absolute Gasteiger partial charge is 0.403 e. The van der Waals surface area contributed by atoms with Crippen molar-refractivity contribution in [1.82, 2.24) is 15.1 Å². The van der Waals surface area contributed by atoms with Crippen molar-refractivity contribution in [3.05, 3.63) is 0 Å². The van der Waals surface area contributed by atoms with Gasteiger partial charge in [0.05, 0.1) is 19.8 Å². The number of unbranched alkanes of at least 4 members (excludes halogenated alkanes) is 1.